The number of halogens is 1. The molecule has 6 heteroatoms. The van der Waals surface area contributed by atoms with Crippen LogP contribution in [0.25, 0.3) is 0 Å². The molecule has 1 aromatic carbocycles. The topological polar surface area (TPSA) is 35.5 Å². The highest BCUT2D eigenvalue weighted by Crippen LogP contribution is 2.27. The zero-order valence-corrected chi connectivity index (χ0v) is 15.4. The van der Waals surface area contributed by atoms with Crippen LogP contribution in [-0.4, -0.2) is 49.2 Å². The fourth-order valence-electron chi connectivity index (χ4n) is 3.73. The number of aryl methyl sites for hydroxylation is 1. The summed E-state index contributed by atoms with van der Waals surface area (Å²) >= 11 is 6.18. The van der Waals surface area contributed by atoms with E-state index in [0.29, 0.717) is 0 Å². The molecule has 0 N–H and O–H groups in total. The summed E-state index contributed by atoms with van der Waals surface area (Å²) in [5.41, 5.74) is 2.52. The van der Waals surface area contributed by atoms with Crippen LogP contribution in [0.2, 0.25) is 5.02 Å². The molecule has 2 aromatic rings. The Labute approximate surface area is 154 Å². The van der Waals surface area contributed by atoms with E-state index in [-0.39, 0.29) is 0 Å². The standard InChI is InChI=1S/C19H24ClN5/c1-15-4-5-16(20)12-17(15)23-8-10-25(11-9-23)19-13-18(21-14-22-19)24-6-2-3-7-24/h4-5,12-14H,2-3,6-11H2,1H3. The predicted octanol–water partition coefficient (Wildman–Crippen LogP) is 3.37. The highest BCUT2D eigenvalue weighted by Gasteiger charge is 2.21. The molecule has 1 aromatic heterocycles. The maximum absolute atomic E-state index is 6.18. The zero-order chi connectivity index (χ0) is 17.2. The first-order chi connectivity index (χ1) is 12.2. The molecule has 25 heavy (non-hydrogen) atoms. The molecular weight excluding hydrogens is 334 g/mol. The number of hydrogen-bond donors (Lipinski definition) is 0. The van der Waals surface area contributed by atoms with Crippen molar-refractivity contribution < 1.29 is 0 Å². The van der Waals surface area contributed by atoms with Crippen molar-refractivity contribution in [3.05, 3.63) is 41.2 Å². The summed E-state index contributed by atoms with van der Waals surface area (Å²) in [6, 6.07) is 8.27. The van der Waals surface area contributed by atoms with Gasteiger partial charge in [-0.2, -0.15) is 0 Å². The molecule has 0 atom stereocenters. The van der Waals surface area contributed by atoms with Crippen LogP contribution < -0.4 is 14.7 Å². The van der Waals surface area contributed by atoms with Gasteiger partial charge in [0.25, 0.3) is 0 Å². The lowest BCUT2D eigenvalue weighted by Gasteiger charge is -2.37. The van der Waals surface area contributed by atoms with Crippen LogP contribution in [0.3, 0.4) is 0 Å². The minimum atomic E-state index is 0.800. The number of nitrogens with zero attached hydrogens (tertiary/aromatic N) is 5. The quantitative estimate of drug-likeness (QED) is 0.841. The molecule has 2 aliphatic rings. The number of piperazine rings is 1. The molecule has 2 aliphatic heterocycles. The lowest BCUT2D eigenvalue weighted by Crippen LogP contribution is -2.47. The Morgan fingerprint density at radius 2 is 1.40 bits per heavy atom. The number of hydrogen-bond acceptors (Lipinski definition) is 5. The van der Waals surface area contributed by atoms with Gasteiger partial charge in [0.2, 0.25) is 0 Å². The highest BCUT2D eigenvalue weighted by atomic mass is 35.5. The average molecular weight is 358 g/mol. The number of benzene rings is 1. The van der Waals surface area contributed by atoms with Gasteiger partial charge in [-0.15, -0.1) is 0 Å². The summed E-state index contributed by atoms with van der Waals surface area (Å²) in [5, 5.41) is 0.800. The van der Waals surface area contributed by atoms with Gasteiger partial charge < -0.3 is 14.7 Å². The minimum absolute atomic E-state index is 0.800. The van der Waals surface area contributed by atoms with Crippen LogP contribution >= 0.6 is 11.6 Å². The summed E-state index contributed by atoms with van der Waals surface area (Å²) in [6.45, 7) is 8.24. The van der Waals surface area contributed by atoms with Crippen molar-refractivity contribution in [3.63, 3.8) is 0 Å². The van der Waals surface area contributed by atoms with Crippen molar-refractivity contribution in [1.82, 2.24) is 9.97 Å². The second-order valence-electron chi connectivity index (χ2n) is 6.83. The molecule has 132 valence electrons. The van der Waals surface area contributed by atoms with Crippen molar-refractivity contribution in [1.29, 1.82) is 0 Å². The normalized spacial score (nSPS) is 18.1. The van der Waals surface area contributed by atoms with Crippen LogP contribution in [0.4, 0.5) is 17.3 Å². The molecule has 4 rings (SSSR count). The van der Waals surface area contributed by atoms with Gasteiger partial charge in [0.1, 0.15) is 18.0 Å². The molecule has 0 radical (unpaired) electrons. The fourth-order valence-corrected chi connectivity index (χ4v) is 3.90. The van der Waals surface area contributed by atoms with Crippen LogP contribution in [0.5, 0.6) is 0 Å². The van der Waals surface area contributed by atoms with Crippen molar-refractivity contribution in [3.8, 4) is 0 Å². The first kappa shape index (κ1) is 16.5. The van der Waals surface area contributed by atoms with E-state index in [1.165, 1.54) is 24.1 Å². The summed E-state index contributed by atoms with van der Waals surface area (Å²) in [7, 11) is 0. The smallest absolute Gasteiger partial charge is 0.134 e. The van der Waals surface area contributed by atoms with E-state index in [9.17, 15) is 0 Å². The van der Waals surface area contributed by atoms with E-state index in [1.807, 2.05) is 6.07 Å². The monoisotopic (exact) mass is 357 g/mol. The van der Waals surface area contributed by atoms with E-state index in [1.54, 1.807) is 6.33 Å². The molecule has 0 spiro atoms. The van der Waals surface area contributed by atoms with E-state index in [0.717, 1.165) is 55.9 Å². The Bertz CT molecular complexity index is 736. The summed E-state index contributed by atoms with van der Waals surface area (Å²) < 4.78 is 0. The summed E-state index contributed by atoms with van der Waals surface area (Å²) in [5.74, 6) is 2.11. The highest BCUT2D eigenvalue weighted by molar-refractivity contribution is 6.30. The lowest BCUT2D eigenvalue weighted by atomic mass is 10.1. The number of anilines is 3. The van der Waals surface area contributed by atoms with Gasteiger partial charge in [-0.1, -0.05) is 17.7 Å². The predicted molar refractivity (Wildman–Crippen MR) is 104 cm³/mol. The van der Waals surface area contributed by atoms with Crippen LogP contribution in [-0.2, 0) is 0 Å². The van der Waals surface area contributed by atoms with Gasteiger partial charge in [0.15, 0.2) is 0 Å². The molecule has 2 fully saturated rings. The zero-order valence-electron chi connectivity index (χ0n) is 14.7. The summed E-state index contributed by atoms with van der Waals surface area (Å²) in [6.07, 6.45) is 4.23. The molecule has 0 amide bonds. The first-order valence-corrected chi connectivity index (χ1v) is 9.41. The molecule has 2 saturated heterocycles. The molecule has 3 heterocycles. The van der Waals surface area contributed by atoms with Gasteiger partial charge in [0, 0.05) is 56.0 Å². The number of rotatable bonds is 3. The molecule has 0 unspecified atom stereocenters. The Morgan fingerprint density at radius 3 is 2.08 bits per heavy atom. The Kier molecular flexibility index (Phi) is 4.66. The number of aromatic nitrogens is 2. The largest absolute Gasteiger partial charge is 0.368 e. The van der Waals surface area contributed by atoms with Crippen molar-refractivity contribution >= 4 is 28.9 Å². The fraction of sp³-hybridized carbons (Fsp3) is 0.474. The van der Waals surface area contributed by atoms with Gasteiger partial charge >= 0.3 is 0 Å². The lowest BCUT2D eigenvalue weighted by molar-refractivity contribution is 0.645. The molecule has 0 saturated carbocycles. The second-order valence-corrected chi connectivity index (χ2v) is 7.27. The Morgan fingerprint density at radius 1 is 0.800 bits per heavy atom. The third-order valence-corrected chi connectivity index (χ3v) is 5.42. The van der Waals surface area contributed by atoms with Crippen LogP contribution in [0.15, 0.2) is 30.6 Å². The Balaban J connectivity index is 1.45. The SMILES string of the molecule is Cc1ccc(Cl)cc1N1CCN(c2cc(N3CCCC3)ncn2)CC1. The Hall–Kier alpha value is -2.01. The van der Waals surface area contributed by atoms with Gasteiger partial charge in [-0.25, -0.2) is 9.97 Å². The second kappa shape index (κ2) is 7.08. The maximum Gasteiger partial charge on any atom is 0.134 e. The van der Waals surface area contributed by atoms with Crippen LogP contribution in [0.1, 0.15) is 18.4 Å². The van der Waals surface area contributed by atoms with Crippen molar-refractivity contribution in [2.45, 2.75) is 19.8 Å². The third kappa shape index (κ3) is 3.52. The van der Waals surface area contributed by atoms with E-state index < -0.39 is 0 Å². The van der Waals surface area contributed by atoms with E-state index >= 15 is 0 Å². The first-order valence-electron chi connectivity index (χ1n) is 9.04. The van der Waals surface area contributed by atoms with E-state index in [4.69, 9.17) is 11.6 Å². The van der Waals surface area contributed by atoms with Crippen LogP contribution in [0, 0.1) is 6.92 Å². The maximum atomic E-state index is 6.18. The van der Waals surface area contributed by atoms with Gasteiger partial charge in [-0.05, 0) is 37.5 Å². The molecule has 0 aliphatic carbocycles. The van der Waals surface area contributed by atoms with Gasteiger partial charge in [-0.3, -0.25) is 0 Å². The summed E-state index contributed by atoms with van der Waals surface area (Å²) in [4.78, 5) is 16.1. The minimum Gasteiger partial charge on any atom is -0.368 e. The average Bonchev–Trinajstić information content (AvgIpc) is 3.19. The van der Waals surface area contributed by atoms with Crippen molar-refractivity contribution in [2.75, 3.05) is 54.0 Å². The third-order valence-electron chi connectivity index (χ3n) is 5.18. The van der Waals surface area contributed by atoms with E-state index in [2.05, 4.69) is 49.8 Å². The molecular formula is C19H24ClN5. The van der Waals surface area contributed by atoms with Gasteiger partial charge in [0.05, 0.1) is 0 Å². The molecule has 5 nitrogen and oxygen atoms in total. The molecule has 0 bridgehead atoms. The van der Waals surface area contributed by atoms with Crippen molar-refractivity contribution in [2.24, 2.45) is 0 Å².